The lowest BCUT2D eigenvalue weighted by Crippen LogP contribution is -2.37. The number of nitrogens with zero attached hydrogens (tertiary/aromatic N) is 1. The molecule has 1 N–H and O–H groups in total. The van der Waals surface area contributed by atoms with Crippen molar-refractivity contribution in [1.29, 1.82) is 0 Å². The summed E-state index contributed by atoms with van der Waals surface area (Å²) in [4.78, 5) is 24.7. The minimum atomic E-state index is -1.63. The van der Waals surface area contributed by atoms with E-state index in [4.69, 9.17) is 19.3 Å². The Labute approximate surface area is 200 Å². The van der Waals surface area contributed by atoms with Gasteiger partial charge in [0.1, 0.15) is 11.4 Å². The lowest BCUT2D eigenvalue weighted by Gasteiger charge is -2.39. The molecule has 2 heterocycles. The van der Waals surface area contributed by atoms with Gasteiger partial charge < -0.3 is 24.2 Å². The number of carboxylic acids is 1. The predicted octanol–water partition coefficient (Wildman–Crippen LogP) is 4.60. The molecular formula is C27H33NO6. The van der Waals surface area contributed by atoms with Crippen LogP contribution in [0.3, 0.4) is 0 Å². The van der Waals surface area contributed by atoms with Gasteiger partial charge in [-0.1, -0.05) is 24.3 Å². The first-order valence-corrected chi connectivity index (χ1v) is 11.9. The van der Waals surface area contributed by atoms with Crippen molar-refractivity contribution in [3.8, 4) is 17.2 Å². The van der Waals surface area contributed by atoms with Crippen molar-refractivity contribution in [2.75, 3.05) is 26.7 Å². The van der Waals surface area contributed by atoms with Gasteiger partial charge in [-0.05, 0) is 100 Å². The van der Waals surface area contributed by atoms with Gasteiger partial charge in [-0.3, -0.25) is 0 Å². The summed E-state index contributed by atoms with van der Waals surface area (Å²) < 4.78 is 16.4. The number of piperidine rings is 1. The van der Waals surface area contributed by atoms with Crippen molar-refractivity contribution in [1.82, 2.24) is 4.90 Å². The minimum Gasteiger partial charge on any atom is -0.493 e. The van der Waals surface area contributed by atoms with Crippen LogP contribution in [0, 0.1) is 0 Å². The Morgan fingerprint density at radius 1 is 1.12 bits per heavy atom. The number of rotatable bonds is 6. The van der Waals surface area contributed by atoms with Crippen LogP contribution in [0.25, 0.3) is 0 Å². The largest absolute Gasteiger partial charge is 0.493 e. The molecule has 0 aliphatic carbocycles. The van der Waals surface area contributed by atoms with Crippen molar-refractivity contribution in [3.05, 3.63) is 53.6 Å². The third kappa shape index (κ3) is 5.53. The number of fused-ring (bicyclic) bond motifs is 1. The van der Waals surface area contributed by atoms with E-state index in [1.807, 2.05) is 18.2 Å². The van der Waals surface area contributed by atoms with Crippen LogP contribution in [-0.4, -0.2) is 54.3 Å². The molecule has 2 aromatic rings. The SMILES string of the molecule is COc1cc(C2CCN(CCC3CC(C)(C)Oc4ccccc43)CC2)ccc1OC(=O)C(=O)O. The topological polar surface area (TPSA) is 85.3 Å². The Bertz CT molecular complexity index is 1040. The zero-order valence-electron chi connectivity index (χ0n) is 20.1. The molecule has 2 aliphatic heterocycles. The smallest absolute Gasteiger partial charge is 0.422 e. The minimum absolute atomic E-state index is 0.121. The Hall–Kier alpha value is -3.06. The molecule has 1 saturated heterocycles. The maximum absolute atomic E-state index is 11.4. The summed E-state index contributed by atoms with van der Waals surface area (Å²) in [5, 5.41) is 8.76. The van der Waals surface area contributed by atoms with E-state index in [0.717, 1.165) is 56.6 Å². The molecule has 1 atom stereocenters. The fraction of sp³-hybridized carbons (Fsp3) is 0.481. The first-order chi connectivity index (χ1) is 16.3. The number of hydrogen-bond acceptors (Lipinski definition) is 6. The molecule has 1 fully saturated rings. The second-order valence-electron chi connectivity index (χ2n) is 9.81. The molecule has 1 unspecified atom stereocenters. The van der Waals surface area contributed by atoms with Gasteiger partial charge in [0.25, 0.3) is 0 Å². The van der Waals surface area contributed by atoms with Crippen LogP contribution >= 0.6 is 0 Å². The van der Waals surface area contributed by atoms with Gasteiger partial charge in [0.05, 0.1) is 7.11 Å². The standard InChI is InChI=1S/C27H33NO6/c1-27(2)17-20(21-6-4-5-7-22(21)34-27)12-15-28-13-10-18(11-14-28)19-8-9-23(24(16-19)32-3)33-26(31)25(29)30/h4-9,16,18,20H,10-15,17H2,1-3H3,(H,29,30). The molecule has 0 saturated carbocycles. The number of likely N-dealkylation sites (tertiary alicyclic amines) is 1. The van der Waals surface area contributed by atoms with Crippen molar-refractivity contribution in [2.24, 2.45) is 0 Å². The molecule has 4 rings (SSSR count). The summed E-state index contributed by atoms with van der Waals surface area (Å²) >= 11 is 0. The van der Waals surface area contributed by atoms with E-state index in [-0.39, 0.29) is 11.4 Å². The molecule has 2 aromatic carbocycles. The molecule has 0 aromatic heterocycles. The van der Waals surface area contributed by atoms with E-state index >= 15 is 0 Å². The summed E-state index contributed by atoms with van der Waals surface area (Å²) in [6.07, 6.45) is 4.21. The van der Waals surface area contributed by atoms with E-state index in [1.54, 1.807) is 6.07 Å². The van der Waals surface area contributed by atoms with Crippen LogP contribution in [0.15, 0.2) is 42.5 Å². The Kier molecular flexibility index (Phi) is 7.12. The Morgan fingerprint density at radius 3 is 2.56 bits per heavy atom. The van der Waals surface area contributed by atoms with Crippen LogP contribution < -0.4 is 14.2 Å². The second-order valence-corrected chi connectivity index (χ2v) is 9.81. The molecule has 2 aliphatic rings. The highest BCUT2D eigenvalue weighted by atomic mass is 16.6. The number of para-hydroxylation sites is 1. The van der Waals surface area contributed by atoms with Gasteiger partial charge in [0, 0.05) is 0 Å². The molecule has 34 heavy (non-hydrogen) atoms. The molecule has 7 heteroatoms. The van der Waals surface area contributed by atoms with Crippen molar-refractivity contribution >= 4 is 11.9 Å². The maximum atomic E-state index is 11.4. The zero-order valence-corrected chi connectivity index (χ0v) is 20.1. The second kappa shape index (κ2) is 10.1. The van der Waals surface area contributed by atoms with E-state index in [0.29, 0.717) is 17.6 Å². The maximum Gasteiger partial charge on any atom is 0.422 e. The summed E-state index contributed by atoms with van der Waals surface area (Å²) in [5.41, 5.74) is 2.30. The van der Waals surface area contributed by atoms with E-state index in [9.17, 15) is 9.59 Å². The van der Waals surface area contributed by atoms with Gasteiger partial charge >= 0.3 is 11.9 Å². The van der Waals surface area contributed by atoms with Crippen LogP contribution in [0.4, 0.5) is 0 Å². The number of esters is 1. The average Bonchev–Trinajstić information content (AvgIpc) is 2.82. The van der Waals surface area contributed by atoms with Crippen molar-refractivity contribution in [2.45, 2.75) is 57.0 Å². The highest BCUT2D eigenvalue weighted by Gasteiger charge is 2.33. The summed E-state index contributed by atoms with van der Waals surface area (Å²) in [7, 11) is 1.48. The zero-order chi connectivity index (χ0) is 24.3. The number of ether oxygens (including phenoxy) is 3. The highest BCUT2D eigenvalue weighted by molar-refractivity contribution is 6.29. The number of carboxylic acid groups (broad SMARTS) is 1. The molecule has 0 bridgehead atoms. The molecule has 7 nitrogen and oxygen atoms in total. The number of benzene rings is 2. The van der Waals surface area contributed by atoms with Crippen molar-refractivity contribution in [3.63, 3.8) is 0 Å². The van der Waals surface area contributed by atoms with Crippen LogP contribution in [0.5, 0.6) is 17.2 Å². The monoisotopic (exact) mass is 467 g/mol. The quantitative estimate of drug-likeness (QED) is 0.378. The number of aliphatic carboxylic acids is 1. The lowest BCUT2D eigenvalue weighted by molar-refractivity contribution is -0.158. The van der Waals surface area contributed by atoms with Crippen LogP contribution in [0.1, 0.15) is 62.5 Å². The van der Waals surface area contributed by atoms with E-state index in [2.05, 4.69) is 36.9 Å². The number of hydrogen-bond donors (Lipinski definition) is 1. The molecule has 182 valence electrons. The first-order valence-electron chi connectivity index (χ1n) is 11.9. The fourth-order valence-corrected chi connectivity index (χ4v) is 5.21. The van der Waals surface area contributed by atoms with Crippen LogP contribution in [0.2, 0.25) is 0 Å². The molecule has 0 amide bonds. The number of methoxy groups -OCH3 is 1. The summed E-state index contributed by atoms with van der Waals surface area (Å²) in [6.45, 7) is 7.45. The number of carbonyl (C=O) groups is 2. The Balaban J connectivity index is 1.33. The van der Waals surface area contributed by atoms with Gasteiger partial charge in [-0.25, -0.2) is 9.59 Å². The van der Waals surface area contributed by atoms with Gasteiger partial charge in [-0.2, -0.15) is 0 Å². The molecular weight excluding hydrogens is 434 g/mol. The molecule has 0 radical (unpaired) electrons. The third-order valence-electron chi connectivity index (χ3n) is 6.90. The van der Waals surface area contributed by atoms with E-state index in [1.165, 1.54) is 12.7 Å². The molecule has 0 spiro atoms. The van der Waals surface area contributed by atoms with Crippen molar-refractivity contribution < 1.29 is 28.9 Å². The highest BCUT2D eigenvalue weighted by Crippen LogP contribution is 2.42. The van der Waals surface area contributed by atoms with Gasteiger partial charge in [-0.15, -0.1) is 0 Å². The van der Waals surface area contributed by atoms with Gasteiger partial charge in [0.2, 0.25) is 0 Å². The third-order valence-corrected chi connectivity index (χ3v) is 6.90. The van der Waals surface area contributed by atoms with Crippen LogP contribution in [-0.2, 0) is 9.59 Å². The average molecular weight is 468 g/mol. The predicted molar refractivity (Wildman–Crippen MR) is 128 cm³/mol. The Morgan fingerprint density at radius 2 is 1.85 bits per heavy atom. The number of carbonyl (C=O) groups excluding carboxylic acids is 1. The van der Waals surface area contributed by atoms with Gasteiger partial charge in [0.15, 0.2) is 11.5 Å². The fourth-order valence-electron chi connectivity index (χ4n) is 5.21. The lowest BCUT2D eigenvalue weighted by atomic mass is 9.82. The summed E-state index contributed by atoms with van der Waals surface area (Å²) in [6, 6.07) is 13.8. The van der Waals surface area contributed by atoms with E-state index < -0.39 is 11.9 Å². The summed E-state index contributed by atoms with van der Waals surface area (Å²) in [5.74, 6) is -0.554. The normalized spacial score (nSPS) is 20.1. The first kappa shape index (κ1) is 24.1.